The first-order chi connectivity index (χ1) is 28.3. The van der Waals surface area contributed by atoms with Gasteiger partial charge in [-0.05, 0) is 108 Å². The predicted molar refractivity (Wildman–Crippen MR) is 226 cm³/mol. The number of benzene rings is 3. The number of hydrogen-bond acceptors (Lipinski definition) is 11. The number of thiol groups is 1. The number of nitrogens with zero attached hydrogens (tertiary/aromatic N) is 5. The van der Waals surface area contributed by atoms with Crippen molar-refractivity contribution in [2.75, 3.05) is 46.6 Å². The fraction of sp³-hybridized carbons (Fsp3) is 0.465. The first kappa shape index (κ1) is 44.2. The lowest BCUT2D eigenvalue weighted by atomic mass is 10.0. The van der Waals surface area contributed by atoms with Gasteiger partial charge in [-0.3, -0.25) is 39.2 Å². The molecule has 0 spiro atoms. The van der Waals surface area contributed by atoms with Crippen LogP contribution in [0, 0.1) is 11.3 Å². The molecule has 3 aromatic carbocycles. The summed E-state index contributed by atoms with van der Waals surface area (Å²) in [5.74, 6) is -0.571. The van der Waals surface area contributed by atoms with Gasteiger partial charge in [0, 0.05) is 60.9 Å². The Hall–Kier alpha value is -5.31. The number of carbonyl (C=O) groups is 4. The maximum absolute atomic E-state index is 13.8. The summed E-state index contributed by atoms with van der Waals surface area (Å²) < 4.78 is 48.0. The van der Waals surface area contributed by atoms with Gasteiger partial charge in [-0.1, -0.05) is 13.0 Å². The van der Waals surface area contributed by atoms with Gasteiger partial charge in [0.25, 0.3) is 5.91 Å². The lowest BCUT2D eigenvalue weighted by Crippen LogP contribution is -2.59. The number of hydrogen-bond donors (Lipinski definition) is 4. The zero-order valence-corrected chi connectivity index (χ0v) is 35.4. The molecule has 320 valence electrons. The second-order valence-corrected chi connectivity index (χ2v) is 16.7. The molecule has 3 aliphatic heterocycles. The van der Waals surface area contributed by atoms with Gasteiger partial charge >= 0.3 is 6.18 Å². The molecular formula is C43H51F3N8O5S. The van der Waals surface area contributed by atoms with E-state index in [1.807, 2.05) is 32.0 Å². The Morgan fingerprint density at radius 1 is 1.03 bits per heavy atom. The molecule has 1 unspecified atom stereocenters. The summed E-state index contributed by atoms with van der Waals surface area (Å²) in [6, 6.07) is 17.1. The normalized spacial score (nSPS) is 22.9. The number of piperidine rings is 1. The Morgan fingerprint density at radius 2 is 1.72 bits per heavy atom. The van der Waals surface area contributed by atoms with E-state index in [1.54, 1.807) is 49.1 Å². The van der Waals surface area contributed by atoms with Crippen molar-refractivity contribution in [3.05, 3.63) is 77.4 Å². The van der Waals surface area contributed by atoms with Gasteiger partial charge in [-0.15, -0.1) is 12.6 Å². The maximum Gasteiger partial charge on any atom is 0.417 e. The zero-order chi connectivity index (χ0) is 43.7. The smallest absolute Gasteiger partial charge is 0.417 e. The van der Waals surface area contributed by atoms with Crippen LogP contribution in [-0.2, 0) is 31.8 Å². The van der Waals surface area contributed by atoms with Crippen LogP contribution in [0.3, 0.4) is 0 Å². The third-order valence-corrected chi connectivity index (χ3v) is 11.8. The number of aryl methyl sites for hydroxylation is 1. The molecule has 5 atom stereocenters. The van der Waals surface area contributed by atoms with Crippen molar-refractivity contribution in [2.24, 2.45) is 0 Å². The number of halogens is 3. The predicted octanol–water partition coefficient (Wildman–Crippen LogP) is 6.00. The van der Waals surface area contributed by atoms with Gasteiger partial charge in [0.2, 0.25) is 17.7 Å². The minimum Gasteiger partial charge on any atom is -0.489 e. The van der Waals surface area contributed by atoms with E-state index in [1.165, 1.54) is 11.0 Å². The van der Waals surface area contributed by atoms with E-state index in [9.17, 15) is 37.6 Å². The van der Waals surface area contributed by atoms with Crippen LogP contribution in [-0.4, -0.2) is 94.9 Å². The van der Waals surface area contributed by atoms with Gasteiger partial charge in [0.05, 0.1) is 23.7 Å². The molecule has 0 saturated carbocycles. The SMILES string of the molecule is CCc1cc(N2[C@H](S)N(c3ccc(C#N)c(C(F)(F)F)c3)C(=O)C2(C)C)ccc1O[C@@H](C)CN1C[C@@H](C)N(CC(=O)Nc2cccc(NC3CCC(=O)NC3=O)c2)[C@@H](C)C1. The molecule has 0 radical (unpaired) electrons. The van der Waals surface area contributed by atoms with Gasteiger partial charge in [0.15, 0.2) is 5.50 Å². The molecule has 4 amide bonds. The van der Waals surface area contributed by atoms with Crippen molar-refractivity contribution in [2.45, 2.75) is 102 Å². The third-order valence-electron chi connectivity index (χ3n) is 11.3. The summed E-state index contributed by atoms with van der Waals surface area (Å²) in [7, 11) is 0. The van der Waals surface area contributed by atoms with E-state index < -0.39 is 40.3 Å². The quantitative estimate of drug-likeness (QED) is 0.126. The lowest BCUT2D eigenvalue weighted by Gasteiger charge is -2.44. The average molecular weight is 849 g/mol. The second kappa shape index (κ2) is 17.7. The molecule has 3 heterocycles. The van der Waals surface area contributed by atoms with E-state index in [0.717, 1.165) is 30.8 Å². The summed E-state index contributed by atoms with van der Waals surface area (Å²) in [5, 5.41) is 17.7. The average Bonchev–Trinajstić information content (AvgIpc) is 3.35. The highest BCUT2D eigenvalue weighted by Gasteiger charge is 2.52. The van der Waals surface area contributed by atoms with E-state index >= 15 is 0 Å². The standard InChI is InChI=1S/C43H51F3N8O5S/c1-7-28-17-33(54-41(60)53(40(58)42(54,5)6)32-12-11-29(20-47)34(19-32)43(44,45)46)13-15-36(28)59-27(4)23-51-21-25(2)52(26(3)22-51)24-38(56)49-31-10-8-9-30(18-31)48-35-14-16-37(55)50-39(35)57/h8-13,15,17-19,25-27,35,41,48,60H,7,14,16,21-24H2,1-6H3,(H,49,56)(H,50,55,57)/t25-,26+,27-,35?,41+/m0/s1. The first-order valence-corrected chi connectivity index (χ1v) is 20.5. The molecule has 0 bridgehead atoms. The van der Waals surface area contributed by atoms with Crippen LogP contribution in [0.15, 0.2) is 60.7 Å². The number of ether oxygens (including phenoxy) is 1. The largest absolute Gasteiger partial charge is 0.489 e. The zero-order valence-electron chi connectivity index (χ0n) is 34.5. The monoisotopic (exact) mass is 848 g/mol. The van der Waals surface area contributed by atoms with Crippen molar-refractivity contribution in [1.82, 2.24) is 15.1 Å². The molecule has 3 aromatic rings. The summed E-state index contributed by atoms with van der Waals surface area (Å²) in [5.41, 5.74) is -0.977. The Kier molecular flexibility index (Phi) is 13.1. The number of nitrogens with one attached hydrogen (secondary N) is 3. The molecule has 3 aliphatic rings. The Labute approximate surface area is 353 Å². The molecule has 3 N–H and O–H groups in total. The Balaban J connectivity index is 1.05. The number of amides is 4. The van der Waals surface area contributed by atoms with E-state index in [4.69, 9.17) is 17.4 Å². The number of imide groups is 1. The minimum absolute atomic E-state index is 0.0111. The molecule has 0 aromatic heterocycles. The van der Waals surface area contributed by atoms with E-state index in [2.05, 4.69) is 39.6 Å². The molecular weight excluding hydrogens is 798 g/mol. The number of piperazine rings is 1. The molecule has 60 heavy (non-hydrogen) atoms. The summed E-state index contributed by atoms with van der Waals surface area (Å²) in [6.45, 7) is 13.9. The van der Waals surface area contributed by atoms with Crippen molar-refractivity contribution < 1.29 is 37.1 Å². The van der Waals surface area contributed by atoms with Crippen LogP contribution in [0.25, 0.3) is 0 Å². The summed E-state index contributed by atoms with van der Waals surface area (Å²) in [6.07, 6.45) is -3.72. The molecule has 13 nitrogen and oxygen atoms in total. The molecule has 3 saturated heterocycles. The van der Waals surface area contributed by atoms with Gasteiger partial charge in [0.1, 0.15) is 23.4 Å². The van der Waals surface area contributed by atoms with Crippen molar-refractivity contribution in [3.8, 4) is 11.8 Å². The number of alkyl halides is 3. The number of anilines is 4. The van der Waals surface area contributed by atoms with E-state index in [0.29, 0.717) is 42.2 Å². The third kappa shape index (κ3) is 9.51. The van der Waals surface area contributed by atoms with E-state index in [-0.39, 0.29) is 54.6 Å². The molecule has 3 fully saturated rings. The fourth-order valence-electron chi connectivity index (χ4n) is 8.36. The van der Waals surface area contributed by atoms with Crippen molar-refractivity contribution in [3.63, 3.8) is 0 Å². The molecule has 17 heteroatoms. The van der Waals surface area contributed by atoms with Gasteiger partial charge in [-0.2, -0.15) is 18.4 Å². The first-order valence-electron chi connectivity index (χ1n) is 20.0. The maximum atomic E-state index is 13.8. The van der Waals surface area contributed by atoms with Gasteiger partial charge < -0.3 is 20.3 Å². The van der Waals surface area contributed by atoms with Crippen molar-refractivity contribution in [1.29, 1.82) is 5.26 Å². The molecule has 6 rings (SSSR count). The van der Waals surface area contributed by atoms with Gasteiger partial charge in [-0.25, -0.2) is 0 Å². The number of nitriles is 1. The number of rotatable bonds is 12. The topological polar surface area (TPSA) is 150 Å². The van der Waals surface area contributed by atoms with Crippen LogP contribution in [0.2, 0.25) is 0 Å². The van der Waals surface area contributed by atoms with Crippen LogP contribution >= 0.6 is 12.6 Å². The number of carbonyl (C=O) groups excluding carboxylic acids is 4. The highest BCUT2D eigenvalue weighted by molar-refractivity contribution is 7.81. The highest BCUT2D eigenvalue weighted by Crippen LogP contribution is 2.43. The lowest BCUT2D eigenvalue weighted by molar-refractivity contribution is -0.138. The Morgan fingerprint density at radius 3 is 2.37 bits per heavy atom. The van der Waals surface area contributed by atoms with Crippen LogP contribution in [0.5, 0.6) is 5.75 Å². The summed E-state index contributed by atoms with van der Waals surface area (Å²) in [4.78, 5) is 58.2. The van der Waals surface area contributed by atoms with Crippen LogP contribution in [0.1, 0.15) is 71.1 Å². The highest BCUT2D eigenvalue weighted by atomic mass is 32.1. The van der Waals surface area contributed by atoms with Crippen molar-refractivity contribution >= 4 is 59.0 Å². The minimum atomic E-state index is -4.78. The summed E-state index contributed by atoms with van der Waals surface area (Å²) >= 11 is 4.74. The second-order valence-electron chi connectivity index (χ2n) is 16.2. The van der Waals surface area contributed by atoms with Crippen LogP contribution in [0.4, 0.5) is 35.9 Å². The molecule has 0 aliphatic carbocycles. The van der Waals surface area contributed by atoms with Crippen LogP contribution < -0.4 is 30.5 Å². The Bertz CT molecular complexity index is 2170. The fourth-order valence-corrected chi connectivity index (χ4v) is 9.02.